The lowest BCUT2D eigenvalue weighted by molar-refractivity contribution is 1.25. The minimum Gasteiger partial charge on any atom is -0.399 e. The van der Waals surface area contributed by atoms with Crippen LogP contribution in [0.5, 0.6) is 0 Å². The molecule has 0 saturated heterocycles. The molecule has 0 radical (unpaired) electrons. The summed E-state index contributed by atoms with van der Waals surface area (Å²) in [6, 6.07) is 25.8. The smallest absolute Gasteiger partial charge is 0.195 e. The summed E-state index contributed by atoms with van der Waals surface area (Å²) in [6.45, 7) is 0. The second-order valence-electron chi connectivity index (χ2n) is 6.87. The zero-order valence-corrected chi connectivity index (χ0v) is 17.6. The summed E-state index contributed by atoms with van der Waals surface area (Å²) in [5, 5.41) is 1.67. The maximum Gasteiger partial charge on any atom is 0.195 e. The number of nitrogens with zero attached hydrogens (tertiary/aromatic N) is 2. The van der Waals surface area contributed by atoms with E-state index in [4.69, 9.17) is 22.2 Å². The van der Waals surface area contributed by atoms with Gasteiger partial charge in [-0.25, -0.2) is 4.98 Å². The predicted molar refractivity (Wildman–Crippen MR) is 131 cm³/mol. The van der Waals surface area contributed by atoms with Crippen molar-refractivity contribution in [2.24, 2.45) is 0 Å². The molecule has 6 N–H and O–H groups in total. The number of para-hydroxylation sites is 1. The molecular formula is C23H19N5S2. The number of hydrogen-bond donors (Lipinski definition) is 3. The van der Waals surface area contributed by atoms with Crippen LogP contribution >= 0.6 is 22.7 Å². The average molecular weight is 430 g/mol. The minimum atomic E-state index is 0.720. The third-order valence-electron chi connectivity index (χ3n) is 4.79. The van der Waals surface area contributed by atoms with Gasteiger partial charge in [-0.05, 0) is 66.7 Å². The highest BCUT2D eigenvalue weighted by Crippen LogP contribution is 2.42. The van der Waals surface area contributed by atoms with E-state index in [0.29, 0.717) is 0 Å². The Bertz CT molecular complexity index is 1270. The number of hydrogen-bond acceptors (Lipinski definition) is 7. The third-order valence-corrected chi connectivity index (χ3v) is 6.75. The molecule has 0 atom stereocenters. The van der Waals surface area contributed by atoms with Gasteiger partial charge in [-0.2, -0.15) is 0 Å². The molecule has 5 nitrogen and oxygen atoms in total. The first kappa shape index (κ1) is 18.5. The Balaban J connectivity index is 1.69. The Kier molecular flexibility index (Phi) is 4.54. The molecule has 0 fully saturated rings. The number of nitrogens with two attached hydrogens (primary N) is 3. The van der Waals surface area contributed by atoms with Crippen molar-refractivity contribution in [3.63, 3.8) is 0 Å². The van der Waals surface area contributed by atoms with Crippen LogP contribution < -0.4 is 22.1 Å². The number of fused-ring (bicyclic) bond motifs is 1. The van der Waals surface area contributed by atoms with E-state index in [2.05, 4.69) is 23.1 Å². The van der Waals surface area contributed by atoms with Gasteiger partial charge in [-0.1, -0.05) is 23.5 Å². The summed E-state index contributed by atoms with van der Waals surface area (Å²) in [6.07, 6.45) is 0. The molecule has 148 valence electrons. The van der Waals surface area contributed by atoms with E-state index in [9.17, 15) is 0 Å². The quantitative estimate of drug-likeness (QED) is 0.294. The van der Waals surface area contributed by atoms with Crippen LogP contribution in [0, 0.1) is 0 Å². The molecule has 3 aromatic carbocycles. The molecule has 0 aliphatic rings. The molecule has 0 unspecified atom stereocenters. The Hall–Kier alpha value is -3.55. The first-order valence-corrected chi connectivity index (χ1v) is 11.0. The number of nitrogen functional groups attached to an aromatic ring is 3. The van der Waals surface area contributed by atoms with E-state index in [0.717, 1.165) is 53.5 Å². The molecule has 5 rings (SSSR count). The lowest BCUT2D eigenvalue weighted by Gasteiger charge is -2.22. The molecule has 0 spiro atoms. The van der Waals surface area contributed by atoms with E-state index >= 15 is 0 Å². The van der Waals surface area contributed by atoms with Gasteiger partial charge in [0.05, 0.1) is 15.2 Å². The first-order chi connectivity index (χ1) is 14.6. The van der Waals surface area contributed by atoms with Crippen LogP contribution in [0.3, 0.4) is 0 Å². The highest BCUT2D eigenvalue weighted by molar-refractivity contribution is 7.22. The van der Waals surface area contributed by atoms with Gasteiger partial charge in [0.25, 0.3) is 0 Å². The molecule has 0 saturated carbocycles. The summed E-state index contributed by atoms with van der Waals surface area (Å²) in [7, 11) is 0. The number of rotatable bonds is 4. The standard InChI is InChI=1S/C23H19N5S2/c24-14-4-8-16(9-5-14)28(17-10-6-15(25)7-11-17)23-27-22-18(2-1-3-20(22)30-23)19-12-13-21(26)29-19/h1-13H,24-26H2. The number of thiophene rings is 1. The van der Waals surface area contributed by atoms with Crippen LogP contribution in [-0.4, -0.2) is 4.98 Å². The van der Waals surface area contributed by atoms with Gasteiger partial charge >= 0.3 is 0 Å². The van der Waals surface area contributed by atoms with E-state index in [1.807, 2.05) is 60.7 Å². The molecule has 0 aliphatic carbocycles. The van der Waals surface area contributed by atoms with Gasteiger partial charge in [0.15, 0.2) is 5.13 Å². The van der Waals surface area contributed by atoms with Crippen molar-refractivity contribution in [3.05, 3.63) is 78.9 Å². The molecule has 0 bridgehead atoms. The molecule has 7 heteroatoms. The Morgan fingerprint density at radius 2 is 1.30 bits per heavy atom. The van der Waals surface area contributed by atoms with Gasteiger partial charge < -0.3 is 17.2 Å². The second kappa shape index (κ2) is 7.37. The monoisotopic (exact) mass is 429 g/mol. The largest absolute Gasteiger partial charge is 0.399 e. The van der Waals surface area contributed by atoms with Crippen LogP contribution in [-0.2, 0) is 0 Å². The summed E-state index contributed by atoms with van der Waals surface area (Å²) in [4.78, 5) is 8.28. The van der Waals surface area contributed by atoms with Gasteiger partial charge in [0.1, 0.15) is 0 Å². The van der Waals surface area contributed by atoms with Crippen LogP contribution in [0.4, 0.5) is 32.9 Å². The summed E-state index contributed by atoms with van der Waals surface area (Å²) >= 11 is 3.22. The molecule has 0 aliphatic heterocycles. The zero-order chi connectivity index (χ0) is 20.7. The van der Waals surface area contributed by atoms with Crippen LogP contribution in [0.2, 0.25) is 0 Å². The van der Waals surface area contributed by atoms with Crippen molar-refractivity contribution in [1.82, 2.24) is 4.98 Å². The van der Waals surface area contributed by atoms with Gasteiger partial charge in [-0.15, -0.1) is 11.3 Å². The van der Waals surface area contributed by atoms with E-state index in [-0.39, 0.29) is 0 Å². The van der Waals surface area contributed by atoms with E-state index in [1.54, 1.807) is 22.7 Å². The molecule has 2 aromatic heterocycles. The van der Waals surface area contributed by atoms with Crippen molar-refractivity contribution < 1.29 is 0 Å². The Labute approximate surface area is 182 Å². The lowest BCUT2D eigenvalue weighted by atomic mass is 10.1. The molecular weight excluding hydrogens is 410 g/mol. The number of benzene rings is 3. The van der Waals surface area contributed by atoms with Crippen LogP contribution in [0.25, 0.3) is 20.7 Å². The third kappa shape index (κ3) is 3.34. The number of aromatic nitrogens is 1. The van der Waals surface area contributed by atoms with Crippen molar-refractivity contribution >= 4 is 65.8 Å². The Morgan fingerprint density at radius 3 is 1.87 bits per heavy atom. The highest BCUT2D eigenvalue weighted by atomic mass is 32.1. The van der Waals surface area contributed by atoms with Crippen molar-refractivity contribution in [1.29, 1.82) is 0 Å². The second-order valence-corrected chi connectivity index (χ2v) is 8.99. The van der Waals surface area contributed by atoms with Gasteiger partial charge in [-0.3, -0.25) is 4.90 Å². The Morgan fingerprint density at radius 1 is 0.667 bits per heavy atom. The fourth-order valence-corrected chi connectivity index (χ4v) is 5.18. The van der Waals surface area contributed by atoms with Gasteiger partial charge in [0, 0.05) is 33.2 Å². The maximum absolute atomic E-state index is 5.96. The normalized spacial score (nSPS) is 11.1. The van der Waals surface area contributed by atoms with E-state index in [1.165, 1.54) is 0 Å². The average Bonchev–Trinajstić information content (AvgIpc) is 3.37. The predicted octanol–water partition coefficient (Wildman–Crippen LogP) is 6.24. The van der Waals surface area contributed by atoms with Crippen LogP contribution in [0.15, 0.2) is 78.9 Å². The molecule has 0 amide bonds. The summed E-state index contributed by atoms with van der Waals surface area (Å²) in [5.41, 5.74) is 23.3. The topological polar surface area (TPSA) is 94.2 Å². The fraction of sp³-hybridized carbons (Fsp3) is 0. The zero-order valence-electron chi connectivity index (χ0n) is 15.9. The molecule has 5 aromatic rings. The fourth-order valence-electron chi connectivity index (χ4n) is 3.35. The lowest BCUT2D eigenvalue weighted by Crippen LogP contribution is -2.09. The number of thiazole rings is 1. The van der Waals surface area contributed by atoms with Crippen LogP contribution in [0.1, 0.15) is 0 Å². The van der Waals surface area contributed by atoms with Crippen molar-refractivity contribution in [3.8, 4) is 10.4 Å². The van der Waals surface area contributed by atoms with Crippen molar-refractivity contribution in [2.45, 2.75) is 0 Å². The maximum atomic E-state index is 5.96. The number of anilines is 6. The first-order valence-electron chi connectivity index (χ1n) is 9.35. The minimum absolute atomic E-state index is 0.720. The van der Waals surface area contributed by atoms with Crippen molar-refractivity contribution in [2.75, 3.05) is 22.1 Å². The van der Waals surface area contributed by atoms with Gasteiger partial charge in [0.2, 0.25) is 0 Å². The SMILES string of the molecule is Nc1ccc(N(c2ccc(N)cc2)c2nc3c(-c4ccc(N)s4)cccc3s2)cc1. The summed E-state index contributed by atoms with van der Waals surface area (Å²) < 4.78 is 1.12. The molecule has 2 heterocycles. The highest BCUT2D eigenvalue weighted by Gasteiger charge is 2.19. The molecule has 30 heavy (non-hydrogen) atoms. The summed E-state index contributed by atoms with van der Waals surface area (Å²) in [5.74, 6) is 0. The van der Waals surface area contributed by atoms with E-state index < -0.39 is 0 Å².